The van der Waals surface area contributed by atoms with E-state index in [4.69, 9.17) is 0 Å². The largest absolute Gasteiger partial charge is 0.313 e. The standard InChI is InChI=1S/C14H22N2O2S/c1-11(15-2)12-7-9-13(10-8-12)16-19(17,18)14-5-3-4-6-14/h7-11,14-16H,3-6H2,1-2H3. The SMILES string of the molecule is CNC(C)c1ccc(NS(=O)(=O)C2CCCC2)cc1. The van der Waals surface area contributed by atoms with Crippen LogP contribution in [0.25, 0.3) is 0 Å². The minimum Gasteiger partial charge on any atom is -0.313 e. The van der Waals surface area contributed by atoms with E-state index in [-0.39, 0.29) is 11.3 Å². The second-order valence-corrected chi connectivity index (χ2v) is 7.15. The van der Waals surface area contributed by atoms with E-state index in [9.17, 15) is 8.42 Å². The maximum atomic E-state index is 12.2. The fourth-order valence-corrected chi connectivity index (χ4v) is 4.04. The van der Waals surface area contributed by atoms with Crippen molar-refractivity contribution >= 4 is 15.7 Å². The van der Waals surface area contributed by atoms with E-state index in [0.29, 0.717) is 5.69 Å². The molecule has 0 saturated heterocycles. The summed E-state index contributed by atoms with van der Waals surface area (Å²) < 4.78 is 27.0. The quantitative estimate of drug-likeness (QED) is 0.873. The van der Waals surface area contributed by atoms with Gasteiger partial charge in [-0.3, -0.25) is 4.72 Å². The van der Waals surface area contributed by atoms with Gasteiger partial charge in [0.1, 0.15) is 0 Å². The molecule has 1 aliphatic carbocycles. The first-order chi connectivity index (χ1) is 9.03. The summed E-state index contributed by atoms with van der Waals surface area (Å²) in [5, 5.41) is 2.94. The molecule has 0 bridgehead atoms. The van der Waals surface area contributed by atoms with Gasteiger partial charge in [-0.05, 0) is 44.5 Å². The van der Waals surface area contributed by atoms with Gasteiger partial charge >= 0.3 is 0 Å². The lowest BCUT2D eigenvalue weighted by molar-refractivity contribution is 0.585. The Kier molecular flexibility index (Phi) is 4.47. The molecule has 0 aliphatic heterocycles. The summed E-state index contributed by atoms with van der Waals surface area (Å²) in [5.74, 6) is 0. The highest BCUT2D eigenvalue weighted by Crippen LogP contribution is 2.26. The molecule has 0 heterocycles. The number of benzene rings is 1. The molecule has 1 atom stereocenters. The molecule has 1 saturated carbocycles. The Morgan fingerprint density at radius 2 is 1.74 bits per heavy atom. The van der Waals surface area contributed by atoms with E-state index in [1.165, 1.54) is 0 Å². The van der Waals surface area contributed by atoms with Crippen molar-refractivity contribution in [3.05, 3.63) is 29.8 Å². The van der Waals surface area contributed by atoms with Crippen LogP contribution in [0.4, 0.5) is 5.69 Å². The monoisotopic (exact) mass is 282 g/mol. The zero-order valence-corrected chi connectivity index (χ0v) is 12.3. The molecule has 1 unspecified atom stereocenters. The number of hydrogen-bond acceptors (Lipinski definition) is 3. The van der Waals surface area contributed by atoms with Crippen LogP contribution in [0.15, 0.2) is 24.3 Å². The van der Waals surface area contributed by atoms with Crippen LogP contribution in [-0.4, -0.2) is 20.7 Å². The van der Waals surface area contributed by atoms with Crippen molar-refractivity contribution in [2.45, 2.75) is 43.9 Å². The molecule has 19 heavy (non-hydrogen) atoms. The van der Waals surface area contributed by atoms with Crippen LogP contribution < -0.4 is 10.0 Å². The van der Waals surface area contributed by atoms with Crippen LogP contribution in [0.5, 0.6) is 0 Å². The Bertz CT molecular complexity index is 505. The van der Waals surface area contributed by atoms with E-state index in [2.05, 4.69) is 17.0 Å². The number of rotatable bonds is 5. The van der Waals surface area contributed by atoms with Gasteiger partial charge in [0, 0.05) is 11.7 Å². The third-order valence-corrected chi connectivity index (χ3v) is 5.71. The molecule has 0 radical (unpaired) electrons. The molecule has 1 aliphatic rings. The topological polar surface area (TPSA) is 58.2 Å². The van der Waals surface area contributed by atoms with Gasteiger partial charge in [0.05, 0.1) is 5.25 Å². The molecule has 0 aromatic heterocycles. The predicted octanol–water partition coefficient (Wildman–Crippen LogP) is 2.65. The van der Waals surface area contributed by atoms with Gasteiger partial charge in [0.2, 0.25) is 10.0 Å². The highest BCUT2D eigenvalue weighted by atomic mass is 32.2. The summed E-state index contributed by atoms with van der Waals surface area (Å²) in [5.41, 5.74) is 1.80. The first-order valence-corrected chi connectivity index (χ1v) is 8.36. The van der Waals surface area contributed by atoms with Crippen molar-refractivity contribution < 1.29 is 8.42 Å². The van der Waals surface area contributed by atoms with Crippen LogP contribution in [-0.2, 0) is 10.0 Å². The fourth-order valence-electron chi connectivity index (χ4n) is 2.45. The lowest BCUT2D eigenvalue weighted by Crippen LogP contribution is -2.25. The molecule has 4 nitrogen and oxygen atoms in total. The third kappa shape index (κ3) is 3.48. The number of nitrogens with one attached hydrogen (secondary N) is 2. The zero-order valence-electron chi connectivity index (χ0n) is 11.5. The molecule has 2 N–H and O–H groups in total. The number of hydrogen-bond donors (Lipinski definition) is 2. The van der Waals surface area contributed by atoms with Crippen LogP contribution in [0, 0.1) is 0 Å². The molecule has 106 valence electrons. The van der Waals surface area contributed by atoms with Gasteiger partial charge in [-0.15, -0.1) is 0 Å². The van der Waals surface area contributed by atoms with E-state index < -0.39 is 10.0 Å². The predicted molar refractivity (Wildman–Crippen MR) is 78.7 cm³/mol. The van der Waals surface area contributed by atoms with Crippen molar-refractivity contribution in [2.75, 3.05) is 11.8 Å². The smallest absolute Gasteiger partial charge is 0.235 e. The summed E-state index contributed by atoms with van der Waals surface area (Å²) in [6.07, 6.45) is 3.60. The molecule has 0 amide bonds. The second kappa shape index (κ2) is 5.92. The van der Waals surface area contributed by atoms with Crippen molar-refractivity contribution in [1.29, 1.82) is 0 Å². The molecule has 2 rings (SSSR count). The molecule has 1 aromatic carbocycles. The Balaban J connectivity index is 2.07. The van der Waals surface area contributed by atoms with E-state index in [1.54, 1.807) is 0 Å². The molecule has 0 spiro atoms. The first kappa shape index (κ1) is 14.3. The average molecular weight is 282 g/mol. The summed E-state index contributed by atoms with van der Waals surface area (Å²) in [4.78, 5) is 0. The molecule has 1 aromatic rings. The lowest BCUT2D eigenvalue weighted by Gasteiger charge is -2.15. The summed E-state index contributed by atoms with van der Waals surface area (Å²) in [6, 6.07) is 7.83. The zero-order chi connectivity index (χ0) is 13.9. The van der Waals surface area contributed by atoms with Gasteiger partial charge in [-0.2, -0.15) is 0 Å². The van der Waals surface area contributed by atoms with Crippen LogP contribution in [0.3, 0.4) is 0 Å². The first-order valence-electron chi connectivity index (χ1n) is 6.82. The highest BCUT2D eigenvalue weighted by molar-refractivity contribution is 7.93. The normalized spacial score (nSPS) is 18.4. The van der Waals surface area contributed by atoms with Crippen molar-refractivity contribution in [1.82, 2.24) is 5.32 Å². The Morgan fingerprint density at radius 3 is 2.26 bits per heavy atom. The van der Waals surface area contributed by atoms with Gasteiger partial charge in [0.25, 0.3) is 0 Å². The van der Waals surface area contributed by atoms with Crippen molar-refractivity contribution in [3.8, 4) is 0 Å². The minimum absolute atomic E-state index is 0.219. The van der Waals surface area contributed by atoms with Crippen molar-refractivity contribution in [2.24, 2.45) is 0 Å². The third-order valence-electron chi connectivity index (χ3n) is 3.84. The number of anilines is 1. The maximum Gasteiger partial charge on any atom is 0.235 e. The maximum absolute atomic E-state index is 12.2. The van der Waals surface area contributed by atoms with E-state index >= 15 is 0 Å². The van der Waals surface area contributed by atoms with Gasteiger partial charge in [0.15, 0.2) is 0 Å². The van der Waals surface area contributed by atoms with Gasteiger partial charge in [-0.1, -0.05) is 25.0 Å². The Morgan fingerprint density at radius 1 is 1.16 bits per heavy atom. The molecular weight excluding hydrogens is 260 g/mol. The minimum atomic E-state index is -3.22. The van der Waals surface area contributed by atoms with Gasteiger partial charge < -0.3 is 5.32 Å². The Hall–Kier alpha value is -1.07. The Labute approximate surface area is 115 Å². The second-order valence-electron chi connectivity index (χ2n) is 5.19. The van der Waals surface area contributed by atoms with E-state index in [1.807, 2.05) is 31.3 Å². The molecule has 1 fully saturated rings. The van der Waals surface area contributed by atoms with E-state index in [0.717, 1.165) is 31.2 Å². The molecule has 5 heteroatoms. The summed E-state index contributed by atoms with van der Waals surface area (Å²) in [6.45, 7) is 2.07. The molecular formula is C14H22N2O2S. The van der Waals surface area contributed by atoms with Crippen LogP contribution >= 0.6 is 0 Å². The summed E-state index contributed by atoms with van der Waals surface area (Å²) >= 11 is 0. The summed E-state index contributed by atoms with van der Waals surface area (Å²) in [7, 11) is -1.31. The lowest BCUT2D eigenvalue weighted by atomic mass is 10.1. The highest BCUT2D eigenvalue weighted by Gasteiger charge is 2.28. The van der Waals surface area contributed by atoms with Crippen LogP contribution in [0.1, 0.15) is 44.2 Å². The van der Waals surface area contributed by atoms with Gasteiger partial charge in [-0.25, -0.2) is 8.42 Å². The average Bonchev–Trinajstić information content (AvgIpc) is 2.93. The number of sulfonamides is 1. The fraction of sp³-hybridized carbons (Fsp3) is 0.571. The van der Waals surface area contributed by atoms with Crippen LogP contribution in [0.2, 0.25) is 0 Å². The van der Waals surface area contributed by atoms with Crippen molar-refractivity contribution in [3.63, 3.8) is 0 Å².